The van der Waals surface area contributed by atoms with Gasteiger partial charge in [0.25, 0.3) is 0 Å². The number of benzene rings is 1. The highest BCUT2D eigenvalue weighted by Gasteiger charge is 2.29. The van der Waals surface area contributed by atoms with Gasteiger partial charge in [-0.25, -0.2) is 4.79 Å². The summed E-state index contributed by atoms with van der Waals surface area (Å²) in [6.07, 6.45) is -0.805. The summed E-state index contributed by atoms with van der Waals surface area (Å²) in [4.78, 5) is 11.5. The number of aliphatic hydroxyl groups excluding tert-OH is 1. The summed E-state index contributed by atoms with van der Waals surface area (Å²) in [7, 11) is 1.61. The van der Waals surface area contributed by atoms with Crippen LogP contribution in [0.3, 0.4) is 0 Å². The average Bonchev–Trinajstić information content (AvgIpc) is 2.38. The molecule has 1 N–H and O–H groups in total. The molecule has 0 aliphatic heterocycles. The number of methoxy groups -OCH3 is 1. The van der Waals surface area contributed by atoms with Crippen molar-refractivity contribution >= 4 is 5.97 Å². The molecule has 1 rings (SSSR count). The second-order valence-corrected chi connectivity index (χ2v) is 5.09. The third-order valence-electron chi connectivity index (χ3n) is 3.11. The van der Waals surface area contributed by atoms with Crippen LogP contribution < -0.4 is 4.74 Å². The van der Waals surface area contributed by atoms with E-state index in [0.29, 0.717) is 6.42 Å². The van der Waals surface area contributed by atoms with E-state index in [1.807, 2.05) is 38.1 Å². The molecule has 1 aromatic rings. The van der Waals surface area contributed by atoms with E-state index in [1.165, 1.54) is 0 Å². The topological polar surface area (TPSA) is 55.8 Å². The molecule has 0 aliphatic carbocycles. The molecule has 0 aliphatic rings. The molecule has 0 saturated heterocycles. The zero-order chi connectivity index (χ0) is 14.5. The lowest BCUT2D eigenvalue weighted by Gasteiger charge is -2.27. The van der Waals surface area contributed by atoms with Crippen molar-refractivity contribution in [2.24, 2.45) is 0 Å². The predicted octanol–water partition coefficient (Wildman–Crippen LogP) is 2.29. The highest BCUT2D eigenvalue weighted by Crippen LogP contribution is 2.30. The molecule has 1 aromatic carbocycles. The molecule has 0 unspecified atom stereocenters. The van der Waals surface area contributed by atoms with Gasteiger partial charge >= 0.3 is 5.97 Å². The van der Waals surface area contributed by atoms with Crippen molar-refractivity contribution in [3.63, 3.8) is 0 Å². The standard InChI is InChI=1S/C15H22O4/c1-5-19-14(17)13(16)10-15(2,3)11-7-6-8-12(9-11)18-4/h6-9,13,16H,5,10H2,1-4H3/t13-/m1/s1. The Morgan fingerprint density at radius 1 is 1.42 bits per heavy atom. The number of carbonyl (C=O) groups excluding carboxylic acids is 1. The molecule has 1 atom stereocenters. The number of hydrogen-bond acceptors (Lipinski definition) is 4. The van der Waals surface area contributed by atoms with Crippen molar-refractivity contribution in [2.45, 2.75) is 38.7 Å². The minimum Gasteiger partial charge on any atom is -0.497 e. The number of hydrogen-bond donors (Lipinski definition) is 1. The van der Waals surface area contributed by atoms with Crippen molar-refractivity contribution in [1.29, 1.82) is 0 Å². The van der Waals surface area contributed by atoms with Gasteiger partial charge in [-0.05, 0) is 36.5 Å². The summed E-state index contributed by atoms with van der Waals surface area (Å²) in [5.74, 6) is 0.190. The molecule has 4 heteroatoms. The Morgan fingerprint density at radius 2 is 2.11 bits per heavy atom. The van der Waals surface area contributed by atoms with E-state index < -0.39 is 12.1 Å². The van der Waals surface area contributed by atoms with Gasteiger partial charge in [-0.3, -0.25) is 0 Å². The van der Waals surface area contributed by atoms with E-state index in [0.717, 1.165) is 11.3 Å². The van der Waals surface area contributed by atoms with Crippen molar-refractivity contribution in [3.8, 4) is 5.75 Å². The molecule has 0 bridgehead atoms. The van der Waals surface area contributed by atoms with Crippen LogP contribution in [-0.4, -0.2) is 30.9 Å². The fraction of sp³-hybridized carbons (Fsp3) is 0.533. The molecule has 0 amide bonds. The second-order valence-electron chi connectivity index (χ2n) is 5.09. The molecule has 106 valence electrons. The largest absolute Gasteiger partial charge is 0.497 e. The zero-order valence-electron chi connectivity index (χ0n) is 12.0. The smallest absolute Gasteiger partial charge is 0.334 e. The van der Waals surface area contributed by atoms with E-state index >= 15 is 0 Å². The van der Waals surface area contributed by atoms with Crippen molar-refractivity contribution in [2.75, 3.05) is 13.7 Å². The van der Waals surface area contributed by atoms with Crippen LogP contribution in [0.25, 0.3) is 0 Å². The Hall–Kier alpha value is -1.55. The Bertz CT molecular complexity index is 426. The van der Waals surface area contributed by atoms with Crippen molar-refractivity contribution in [3.05, 3.63) is 29.8 Å². The molecule has 0 heterocycles. The van der Waals surface area contributed by atoms with Crippen LogP contribution in [0.15, 0.2) is 24.3 Å². The summed E-state index contributed by atoms with van der Waals surface area (Å²) in [6, 6.07) is 7.63. The van der Waals surface area contributed by atoms with Gasteiger partial charge in [0.2, 0.25) is 0 Å². The van der Waals surface area contributed by atoms with E-state index in [1.54, 1.807) is 14.0 Å². The van der Waals surface area contributed by atoms with E-state index in [-0.39, 0.29) is 12.0 Å². The van der Waals surface area contributed by atoms with Crippen LogP contribution in [-0.2, 0) is 14.9 Å². The van der Waals surface area contributed by atoms with Crippen LogP contribution in [0.5, 0.6) is 5.75 Å². The van der Waals surface area contributed by atoms with Crippen LogP contribution in [0.1, 0.15) is 32.8 Å². The summed E-state index contributed by atoms with van der Waals surface area (Å²) < 4.78 is 10.0. The SMILES string of the molecule is CCOC(=O)[C@H](O)CC(C)(C)c1cccc(OC)c1. The first-order chi connectivity index (χ1) is 8.90. The Labute approximate surface area is 114 Å². The lowest BCUT2D eigenvalue weighted by Crippen LogP contribution is -2.31. The molecular formula is C15H22O4. The summed E-state index contributed by atoms with van der Waals surface area (Å²) in [5.41, 5.74) is 0.663. The van der Waals surface area contributed by atoms with Crippen LogP contribution in [0.4, 0.5) is 0 Å². The van der Waals surface area contributed by atoms with Crippen LogP contribution >= 0.6 is 0 Å². The molecule has 4 nitrogen and oxygen atoms in total. The lowest BCUT2D eigenvalue weighted by molar-refractivity contribution is -0.154. The van der Waals surface area contributed by atoms with Gasteiger partial charge in [0.15, 0.2) is 6.10 Å². The minimum absolute atomic E-state index is 0.273. The summed E-state index contributed by atoms with van der Waals surface area (Å²) >= 11 is 0. The van der Waals surface area contributed by atoms with Gasteiger partial charge in [-0.15, -0.1) is 0 Å². The average molecular weight is 266 g/mol. The molecule has 0 radical (unpaired) electrons. The summed E-state index contributed by atoms with van der Waals surface area (Å²) in [5, 5.41) is 9.87. The zero-order valence-corrected chi connectivity index (χ0v) is 12.0. The maximum Gasteiger partial charge on any atom is 0.334 e. The number of aliphatic hydroxyl groups is 1. The van der Waals surface area contributed by atoms with Gasteiger partial charge in [0.05, 0.1) is 13.7 Å². The lowest BCUT2D eigenvalue weighted by atomic mass is 9.79. The van der Waals surface area contributed by atoms with Crippen molar-refractivity contribution in [1.82, 2.24) is 0 Å². The molecule has 0 fully saturated rings. The molecule has 0 aromatic heterocycles. The normalized spacial score (nSPS) is 12.9. The first-order valence-corrected chi connectivity index (χ1v) is 6.40. The Morgan fingerprint density at radius 3 is 2.68 bits per heavy atom. The van der Waals surface area contributed by atoms with E-state index in [4.69, 9.17) is 9.47 Å². The monoisotopic (exact) mass is 266 g/mol. The van der Waals surface area contributed by atoms with Crippen molar-refractivity contribution < 1.29 is 19.4 Å². The fourth-order valence-corrected chi connectivity index (χ4v) is 1.97. The van der Waals surface area contributed by atoms with Gasteiger partial charge < -0.3 is 14.6 Å². The third-order valence-corrected chi connectivity index (χ3v) is 3.11. The summed E-state index contributed by atoms with van der Waals surface area (Å²) in [6.45, 7) is 5.95. The predicted molar refractivity (Wildman–Crippen MR) is 73.3 cm³/mol. The van der Waals surface area contributed by atoms with Crippen LogP contribution in [0.2, 0.25) is 0 Å². The number of esters is 1. The maximum atomic E-state index is 11.5. The first kappa shape index (κ1) is 15.5. The highest BCUT2D eigenvalue weighted by molar-refractivity contribution is 5.74. The minimum atomic E-state index is -1.11. The second kappa shape index (κ2) is 6.57. The van der Waals surface area contributed by atoms with Gasteiger partial charge in [0, 0.05) is 0 Å². The third kappa shape index (κ3) is 4.24. The Kier molecular flexibility index (Phi) is 5.36. The quantitative estimate of drug-likeness (QED) is 0.803. The molecule has 0 saturated carbocycles. The Balaban J connectivity index is 2.81. The van der Waals surface area contributed by atoms with Gasteiger partial charge in [0.1, 0.15) is 5.75 Å². The number of ether oxygens (including phenoxy) is 2. The first-order valence-electron chi connectivity index (χ1n) is 6.40. The van der Waals surface area contributed by atoms with Gasteiger partial charge in [-0.1, -0.05) is 26.0 Å². The molecule has 19 heavy (non-hydrogen) atoms. The fourth-order valence-electron chi connectivity index (χ4n) is 1.97. The van der Waals surface area contributed by atoms with E-state index in [9.17, 15) is 9.90 Å². The highest BCUT2D eigenvalue weighted by atomic mass is 16.5. The van der Waals surface area contributed by atoms with E-state index in [2.05, 4.69) is 0 Å². The van der Waals surface area contributed by atoms with Gasteiger partial charge in [-0.2, -0.15) is 0 Å². The number of carbonyl (C=O) groups is 1. The molecule has 0 spiro atoms. The van der Waals surface area contributed by atoms with Crippen LogP contribution in [0, 0.1) is 0 Å². The number of rotatable bonds is 6. The molecular weight excluding hydrogens is 244 g/mol. The maximum absolute atomic E-state index is 11.5.